The van der Waals surface area contributed by atoms with Crippen LogP contribution in [0.2, 0.25) is 0 Å². The van der Waals surface area contributed by atoms with Crippen molar-refractivity contribution in [3.63, 3.8) is 0 Å². The summed E-state index contributed by atoms with van der Waals surface area (Å²) in [6.07, 6.45) is 6.51. The van der Waals surface area contributed by atoms with Crippen LogP contribution in [0.1, 0.15) is 62.1 Å². The van der Waals surface area contributed by atoms with Gasteiger partial charge in [-0.2, -0.15) is 0 Å². The number of likely N-dealkylation sites (tertiary alicyclic amines) is 1. The molecule has 19 heavy (non-hydrogen) atoms. The largest absolute Gasteiger partial charge is 0.303 e. The van der Waals surface area contributed by atoms with E-state index in [1.54, 1.807) is 5.56 Å². The van der Waals surface area contributed by atoms with Gasteiger partial charge in [-0.05, 0) is 75.2 Å². The molecule has 2 atom stereocenters. The first-order valence-corrected chi connectivity index (χ1v) is 7.95. The maximum absolute atomic E-state index is 2.56. The second-order valence-corrected chi connectivity index (χ2v) is 6.16. The molecule has 0 N–H and O–H groups in total. The number of aryl methyl sites for hydroxylation is 2. The van der Waals surface area contributed by atoms with Gasteiger partial charge in [0.1, 0.15) is 0 Å². The first-order chi connectivity index (χ1) is 9.15. The molecule has 106 valence electrons. The van der Waals surface area contributed by atoms with E-state index in [1.165, 1.54) is 43.4 Å². The van der Waals surface area contributed by atoms with Crippen molar-refractivity contribution in [3.05, 3.63) is 34.9 Å². The van der Waals surface area contributed by atoms with Crippen LogP contribution >= 0.6 is 0 Å². The summed E-state index contributed by atoms with van der Waals surface area (Å²) in [5, 5.41) is 0. The minimum Gasteiger partial charge on any atom is -0.303 e. The van der Waals surface area contributed by atoms with Gasteiger partial charge in [-0.25, -0.2) is 0 Å². The molecule has 0 saturated carbocycles. The Balaban J connectivity index is 2.16. The molecule has 0 spiro atoms. The molecule has 1 heterocycles. The maximum atomic E-state index is 2.56. The lowest BCUT2D eigenvalue weighted by Gasteiger charge is -2.26. The van der Waals surface area contributed by atoms with Crippen LogP contribution in [0.25, 0.3) is 0 Å². The summed E-state index contributed by atoms with van der Waals surface area (Å²) in [4.78, 5) is 2.56. The summed E-state index contributed by atoms with van der Waals surface area (Å²) in [5.74, 6) is 0.733. The number of benzene rings is 1. The fraction of sp³-hybridized carbons (Fsp3) is 0.667. The Labute approximate surface area is 119 Å². The summed E-state index contributed by atoms with van der Waals surface area (Å²) in [5.41, 5.74) is 4.56. The first-order valence-electron chi connectivity index (χ1n) is 7.95. The highest BCUT2D eigenvalue weighted by molar-refractivity contribution is 5.34. The standard InChI is InChI=1S/C18H29N/c1-5-15-10-9-14(3)18(12-15)16(6-2)13-17-8-7-11-19(17)4/h9-10,12,16-17H,5-8,11,13H2,1-4H3. The maximum Gasteiger partial charge on any atom is 0.00985 e. The lowest BCUT2D eigenvalue weighted by atomic mass is 9.85. The van der Waals surface area contributed by atoms with E-state index in [0.717, 1.165) is 18.4 Å². The zero-order valence-electron chi connectivity index (χ0n) is 13.1. The molecule has 0 aromatic heterocycles. The Bertz CT molecular complexity index is 410. The first kappa shape index (κ1) is 14.6. The highest BCUT2D eigenvalue weighted by Crippen LogP contribution is 2.32. The van der Waals surface area contributed by atoms with Gasteiger partial charge in [0.05, 0.1) is 0 Å². The van der Waals surface area contributed by atoms with Crippen LogP contribution in [0.5, 0.6) is 0 Å². The molecule has 1 aromatic carbocycles. The Kier molecular flexibility index (Phi) is 5.04. The van der Waals surface area contributed by atoms with Crippen molar-refractivity contribution in [3.8, 4) is 0 Å². The number of hydrogen-bond donors (Lipinski definition) is 0. The molecule has 1 aromatic rings. The highest BCUT2D eigenvalue weighted by Gasteiger charge is 2.25. The van der Waals surface area contributed by atoms with Gasteiger partial charge in [-0.1, -0.05) is 32.0 Å². The SMILES string of the molecule is CCc1ccc(C)c(C(CC)CC2CCCN2C)c1. The van der Waals surface area contributed by atoms with E-state index in [4.69, 9.17) is 0 Å². The molecule has 2 rings (SSSR count). The van der Waals surface area contributed by atoms with Crippen molar-refractivity contribution < 1.29 is 0 Å². The van der Waals surface area contributed by atoms with E-state index in [9.17, 15) is 0 Å². The van der Waals surface area contributed by atoms with Crippen molar-refractivity contribution in [2.75, 3.05) is 13.6 Å². The predicted molar refractivity (Wildman–Crippen MR) is 83.9 cm³/mol. The van der Waals surface area contributed by atoms with E-state index in [2.05, 4.69) is 50.9 Å². The zero-order chi connectivity index (χ0) is 13.8. The van der Waals surface area contributed by atoms with Gasteiger partial charge in [0.25, 0.3) is 0 Å². The van der Waals surface area contributed by atoms with Crippen LogP contribution in [0.4, 0.5) is 0 Å². The molecule has 0 radical (unpaired) electrons. The highest BCUT2D eigenvalue weighted by atomic mass is 15.1. The van der Waals surface area contributed by atoms with Crippen LogP contribution in [0.3, 0.4) is 0 Å². The van der Waals surface area contributed by atoms with Crippen LogP contribution in [0.15, 0.2) is 18.2 Å². The smallest absolute Gasteiger partial charge is 0.00985 e. The lowest BCUT2D eigenvalue weighted by Crippen LogP contribution is -2.26. The molecule has 1 saturated heterocycles. The Morgan fingerprint density at radius 1 is 1.32 bits per heavy atom. The van der Waals surface area contributed by atoms with Crippen LogP contribution in [-0.2, 0) is 6.42 Å². The van der Waals surface area contributed by atoms with Crippen molar-refractivity contribution >= 4 is 0 Å². The second kappa shape index (κ2) is 6.56. The van der Waals surface area contributed by atoms with Crippen molar-refractivity contribution in [2.45, 2.75) is 64.8 Å². The second-order valence-electron chi connectivity index (χ2n) is 6.16. The third-order valence-corrected chi connectivity index (χ3v) is 4.91. The van der Waals surface area contributed by atoms with E-state index < -0.39 is 0 Å². The summed E-state index contributed by atoms with van der Waals surface area (Å²) in [6.45, 7) is 8.16. The molecule has 1 aliphatic heterocycles. The van der Waals surface area contributed by atoms with Gasteiger partial charge in [0.15, 0.2) is 0 Å². The van der Waals surface area contributed by atoms with Gasteiger partial charge >= 0.3 is 0 Å². The minimum absolute atomic E-state index is 0.733. The molecule has 0 aliphatic carbocycles. The minimum atomic E-state index is 0.733. The van der Waals surface area contributed by atoms with Crippen LogP contribution in [0, 0.1) is 6.92 Å². The van der Waals surface area contributed by atoms with Gasteiger partial charge in [-0.15, -0.1) is 0 Å². The monoisotopic (exact) mass is 259 g/mol. The summed E-state index contributed by atoms with van der Waals surface area (Å²) >= 11 is 0. The fourth-order valence-corrected chi connectivity index (χ4v) is 3.47. The fourth-order valence-electron chi connectivity index (χ4n) is 3.47. The molecule has 1 aliphatic rings. The van der Waals surface area contributed by atoms with Gasteiger partial charge < -0.3 is 4.90 Å². The summed E-state index contributed by atoms with van der Waals surface area (Å²) in [6, 6.07) is 7.86. The molecular formula is C18H29N. The average molecular weight is 259 g/mol. The predicted octanol–water partition coefficient (Wildman–Crippen LogP) is 4.54. The Morgan fingerprint density at radius 2 is 2.11 bits per heavy atom. The van der Waals surface area contributed by atoms with Crippen molar-refractivity contribution in [2.24, 2.45) is 0 Å². The third-order valence-electron chi connectivity index (χ3n) is 4.91. The normalized spacial score (nSPS) is 21.8. The van der Waals surface area contributed by atoms with E-state index in [1.807, 2.05) is 0 Å². The third kappa shape index (κ3) is 3.39. The van der Waals surface area contributed by atoms with Crippen LogP contribution in [-0.4, -0.2) is 24.5 Å². The molecule has 0 amide bonds. The van der Waals surface area contributed by atoms with Gasteiger partial charge in [-0.3, -0.25) is 0 Å². The average Bonchev–Trinajstić information content (AvgIpc) is 2.82. The number of nitrogens with zero attached hydrogens (tertiary/aromatic N) is 1. The Morgan fingerprint density at radius 3 is 2.68 bits per heavy atom. The topological polar surface area (TPSA) is 3.24 Å². The van der Waals surface area contributed by atoms with Crippen LogP contribution < -0.4 is 0 Å². The molecule has 0 bridgehead atoms. The van der Waals surface area contributed by atoms with Crippen molar-refractivity contribution in [1.29, 1.82) is 0 Å². The lowest BCUT2D eigenvalue weighted by molar-refractivity contribution is 0.279. The van der Waals surface area contributed by atoms with E-state index >= 15 is 0 Å². The molecular weight excluding hydrogens is 230 g/mol. The summed E-state index contributed by atoms with van der Waals surface area (Å²) < 4.78 is 0. The Hall–Kier alpha value is -0.820. The quantitative estimate of drug-likeness (QED) is 0.750. The van der Waals surface area contributed by atoms with Gasteiger partial charge in [0.2, 0.25) is 0 Å². The molecule has 1 heteroatoms. The van der Waals surface area contributed by atoms with E-state index in [-0.39, 0.29) is 0 Å². The van der Waals surface area contributed by atoms with Crippen molar-refractivity contribution in [1.82, 2.24) is 4.90 Å². The van der Waals surface area contributed by atoms with Gasteiger partial charge in [0, 0.05) is 6.04 Å². The number of hydrogen-bond acceptors (Lipinski definition) is 1. The number of rotatable bonds is 5. The molecule has 1 fully saturated rings. The van der Waals surface area contributed by atoms with E-state index in [0.29, 0.717) is 0 Å². The molecule has 2 unspecified atom stereocenters. The molecule has 1 nitrogen and oxygen atoms in total. The zero-order valence-corrected chi connectivity index (χ0v) is 13.1. The summed E-state index contributed by atoms with van der Waals surface area (Å²) in [7, 11) is 2.29.